The van der Waals surface area contributed by atoms with E-state index in [0.717, 1.165) is 16.7 Å². The molecule has 0 saturated carbocycles. The Morgan fingerprint density at radius 1 is 0.974 bits per heavy atom. The zero-order chi connectivity index (χ0) is 26.7. The molecule has 198 valence electrons. The molecule has 0 unspecified atom stereocenters. The summed E-state index contributed by atoms with van der Waals surface area (Å²) in [5, 5.41) is 13.5. The van der Waals surface area contributed by atoms with Gasteiger partial charge in [0.2, 0.25) is 22.7 Å². The maximum atomic E-state index is 13.4. The molecule has 1 heterocycles. The summed E-state index contributed by atoms with van der Waals surface area (Å²) in [5.74, 6) is -0.793. The molecule has 0 radical (unpaired) electrons. The molecule has 2 aliphatic rings. The fraction of sp³-hybridized carbons (Fsp3) is 0.286. The van der Waals surface area contributed by atoms with Crippen LogP contribution >= 0.6 is 0 Å². The zero-order valence-corrected chi connectivity index (χ0v) is 21.3. The Morgan fingerprint density at radius 2 is 1.71 bits per heavy atom. The zero-order valence-electron chi connectivity index (χ0n) is 20.5. The summed E-state index contributed by atoms with van der Waals surface area (Å²) in [6.07, 6.45) is -0.213. The third-order valence-electron chi connectivity index (χ3n) is 6.79. The lowest BCUT2D eigenvalue weighted by molar-refractivity contribution is -0.130. The first-order valence-corrected chi connectivity index (χ1v) is 13.8. The Labute approximate surface area is 220 Å². The van der Waals surface area contributed by atoms with Gasteiger partial charge in [0.1, 0.15) is 5.78 Å². The molecule has 0 bridgehead atoms. The molecular formula is C28H28N2O7S. The van der Waals surface area contributed by atoms with Crippen LogP contribution in [0.4, 0.5) is 0 Å². The van der Waals surface area contributed by atoms with Crippen LogP contribution in [0.15, 0.2) is 77.7 Å². The number of hydrogen-bond acceptors (Lipinski definition) is 7. The number of carbonyl (C=O) groups is 2. The van der Waals surface area contributed by atoms with Crippen LogP contribution in [0.3, 0.4) is 0 Å². The van der Waals surface area contributed by atoms with Gasteiger partial charge >= 0.3 is 0 Å². The van der Waals surface area contributed by atoms with Crippen LogP contribution in [0.2, 0.25) is 0 Å². The topological polar surface area (TPSA) is 131 Å². The molecule has 3 aromatic rings. The molecule has 38 heavy (non-hydrogen) atoms. The average molecular weight is 537 g/mol. The number of ketones is 1. The largest absolute Gasteiger partial charge is 0.454 e. The summed E-state index contributed by atoms with van der Waals surface area (Å²) in [6, 6.07) is 20.5. The Bertz CT molecular complexity index is 1440. The molecule has 10 heteroatoms. The second-order valence-corrected chi connectivity index (χ2v) is 11.2. The standard InChI is InChI=1S/C28H28N2O7S/c31-21(16-29-38(34,35)22-10-11-25-26(15-22)37-17-36-25)13-20(12-18-6-2-1-3-7-18)28(33)30-27-23-9-5-4-8-19(23)14-24(27)32/h1-11,15,20,24,27,29,32H,12-14,16-17H2,(H,30,33)/t20-,24-,27+/m1/s1. The average Bonchev–Trinajstić information content (AvgIpc) is 3.51. The van der Waals surface area contributed by atoms with Gasteiger partial charge in [0.15, 0.2) is 11.5 Å². The number of aliphatic hydroxyl groups excluding tert-OH is 1. The Balaban J connectivity index is 1.27. The smallest absolute Gasteiger partial charge is 0.241 e. The summed E-state index contributed by atoms with van der Waals surface area (Å²) in [5.41, 5.74) is 2.70. The van der Waals surface area contributed by atoms with Crippen molar-refractivity contribution in [3.05, 3.63) is 89.5 Å². The Hall–Kier alpha value is -3.73. The minimum Gasteiger partial charge on any atom is -0.454 e. The molecule has 1 aliphatic carbocycles. The lowest BCUT2D eigenvalue weighted by Gasteiger charge is -2.22. The van der Waals surface area contributed by atoms with Crippen molar-refractivity contribution in [1.29, 1.82) is 0 Å². The highest BCUT2D eigenvalue weighted by Crippen LogP contribution is 2.34. The summed E-state index contributed by atoms with van der Waals surface area (Å²) in [7, 11) is -3.99. The van der Waals surface area contributed by atoms with Crippen LogP contribution in [0.25, 0.3) is 0 Å². The van der Waals surface area contributed by atoms with Gasteiger partial charge in [-0.3, -0.25) is 9.59 Å². The van der Waals surface area contributed by atoms with Crippen molar-refractivity contribution in [3.63, 3.8) is 0 Å². The van der Waals surface area contributed by atoms with E-state index in [2.05, 4.69) is 10.0 Å². The van der Waals surface area contributed by atoms with E-state index in [1.165, 1.54) is 18.2 Å². The molecule has 5 rings (SSSR count). The molecule has 3 N–H and O–H groups in total. The van der Waals surface area contributed by atoms with Gasteiger partial charge in [0.05, 0.1) is 23.6 Å². The van der Waals surface area contributed by atoms with Gasteiger partial charge < -0.3 is 19.9 Å². The van der Waals surface area contributed by atoms with Gasteiger partial charge in [-0.2, -0.15) is 0 Å². The van der Waals surface area contributed by atoms with Gasteiger partial charge in [-0.15, -0.1) is 0 Å². The van der Waals surface area contributed by atoms with Crippen LogP contribution in [0.5, 0.6) is 11.5 Å². The number of sulfonamides is 1. The molecular weight excluding hydrogens is 508 g/mol. The van der Waals surface area contributed by atoms with Crippen molar-refractivity contribution in [1.82, 2.24) is 10.0 Å². The molecule has 0 fully saturated rings. The maximum absolute atomic E-state index is 13.4. The van der Waals surface area contributed by atoms with Crippen molar-refractivity contribution in [2.75, 3.05) is 13.3 Å². The van der Waals surface area contributed by atoms with Crippen LogP contribution < -0.4 is 19.5 Å². The fourth-order valence-electron chi connectivity index (χ4n) is 4.83. The first-order valence-electron chi connectivity index (χ1n) is 12.3. The minimum atomic E-state index is -3.99. The highest BCUT2D eigenvalue weighted by atomic mass is 32.2. The molecule has 0 spiro atoms. The number of fused-ring (bicyclic) bond motifs is 2. The normalized spacial score (nSPS) is 18.6. The molecule has 0 saturated heterocycles. The van der Waals surface area contributed by atoms with Crippen LogP contribution in [-0.2, 0) is 32.5 Å². The number of Topliss-reactive ketones (excluding diaryl/α,β-unsaturated/α-hetero) is 1. The third kappa shape index (κ3) is 5.72. The number of carbonyl (C=O) groups excluding carboxylic acids is 2. The van der Waals surface area contributed by atoms with Gasteiger partial charge in [-0.25, -0.2) is 13.1 Å². The van der Waals surface area contributed by atoms with Gasteiger partial charge in [0, 0.05) is 24.8 Å². The molecule has 3 aromatic carbocycles. The van der Waals surface area contributed by atoms with Crippen LogP contribution in [0.1, 0.15) is 29.2 Å². The first-order chi connectivity index (χ1) is 18.3. The van der Waals surface area contributed by atoms with E-state index < -0.39 is 40.4 Å². The van der Waals surface area contributed by atoms with E-state index in [9.17, 15) is 23.1 Å². The first kappa shape index (κ1) is 25.9. The number of aliphatic hydroxyl groups is 1. The van der Waals surface area contributed by atoms with Gasteiger partial charge in [-0.1, -0.05) is 54.6 Å². The van der Waals surface area contributed by atoms with Crippen molar-refractivity contribution < 1.29 is 32.6 Å². The van der Waals surface area contributed by atoms with Crippen LogP contribution in [0, 0.1) is 5.92 Å². The van der Waals surface area contributed by atoms with E-state index in [1.54, 1.807) is 0 Å². The molecule has 1 aliphatic heterocycles. The predicted molar refractivity (Wildman–Crippen MR) is 138 cm³/mol. The summed E-state index contributed by atoms with van der Waals surface area (Å²) in [6.45, 7) is -0.455. The number of nitrogens with one attached hydrogen (secondary N) is 2. The highest BCUT2D eigenvalue weighted by molar-refractivity contribution is 7.89. The van der Waals surface area contributed by atoms with E-state index in [4.69, 9.17) is 9.47 Å². The van der Waals surface area contributed by atoms with Gasteiger partial charge in [0.25, 0.3) is 0 Å². The second-order valence-electron chi connectivity index (χ2n) is 9.43. The molecule has 1 amide bonds. The number of hydrogen-bond donors (Lipinski definition) is 3. The summed E-state index contributed by atoms with van der Waals surface area (Å²) < 4.78 is 38.3. The van der Waals surface area contributed by atoms with E-state index in [1.807, 2.05) is 54.6 Å². The van der Waals surface area contributed by atoms with Crippen LogP contribution in [-0.4, -0.2) is 44.7 Å². The quantitative estimate of drug-likeness (QED) is 0.362. The van der Waals surface area contributed by atoms with E-state index in [-0.39, 0.29) is 30.4 Å². The molecule has 0 aromatic heterocycles. The minimum absolute atomic E-state index is 0.0130. The SMILES string of the molecule is O=C(CNS(=O)(=O)c1ccc2c(c1)OCO2)C[C@@H](Cc1ccccc1)C(=O)N[C@H]1c2ccccc2C[C@H]1O. The molecule has 9 nitrogen and oxygen atoms in total. The summed E-state index contributed by atoms with van der Waals surface area (Å²) in [4.78, 5) is 26.2. The number of benzene rings is 3. The maximum Gasteiger partial charge on any atom is 0.241 e. The third-order valence-corrected chi connectivity index (χ3v) is 8.18. The number of amides is 1. The number of rotatable bonds is 10. The van der Waals surface area contributed by atoms with E-state index in [0.29, 0.717) is 17.9 Å². The lowest BCUT2D eigenvalue weighted by atomic mass is 9.92. The lowest BCUT2D eigenvalue weighted by Crippen LogP contribution is -2.40. The fourth-order valence-corrected chi connectivity index (χ4v) is 5.85. The Kier molecular flexibility index (Phi) is 7.46. The summed E-state index contributed by atoms with van der Waals surface area (Å²) >= 11 is 0. The second kappa shape index (κ2) is 10.9. The monoisotopic (exact) mass is 536 g/mol. The van der Waals surface area contributed by atoms with Crippen molar-refractivity contribution in [2.24, 2.45) is 5.92 Å². The van der Waals surface area contributed by atoms with Crippen molar-refractivity contribution in [3.8, 4) is 11.5 Å². The predicted octanol–water partition coefficient (Wildman–Crippen LogP) is 2.29. The number of ether oxygens (including phenoxy) is 2. The Morgan fingerprint density at radius 3 is 2.53 bits per heavy atom. The highest BCUT2D eigenvalue weighted by Gasteiger charge is 2.34. The van der Waals surface area contributed by atoms with Crippen molar-refractivity contribution >= 4 is 21.7 Å². The molecule has 3 atom stereocenters. The van der Waals surface area contributed by atoms with E-state index >= 15 is 0 Å². The van der Waals surface area contributed by atoms with Gasteiger partial charge in [-0.05, 0) is 35.2 Å². The van der Waals surface area contributed by atoms with Crippen molar-refractivity contribution in [2.45, 2.75) is 36.3 Å².